The lowest BCUT2D eigenvalue weighted by Gasteiger charge is -2.37. The van der Waals surface area contributed by atoms with Crippen molar-refractivity contribution < 1.29 is 14.3 Å². The second kappa shape index (κ2) is 15.8. The van der Waals surface area contributed by atoms with E-state index in [0.717, 1.165) is 67.9 Å². The topological polar surface area (TPSA) is 59.0 Å². The number of hydrogen-bond acceptors (Lipinski definition) is 5. The monoisotopic (exact) mass is 584 g/mol. The number of ether oxygens (including phenoxy) is 1. The Morgan fingerprint density at radius 1 is 0.953 bits per heavy atom. The van der Waals surface area contributed by atoms with Gasteiger partial charge < -0.3 is 9.64 Å². The lowest BCUT2D eigenvalue weighted by Crippen LogP contribution is -2.39. The van der Waals surface area contributed by atoms with E-state index in [1.165, 1.54) is 44.1 Å². The Labute approximate surface area is 259 Å². The van der Waals surface area contributed by atoms with Crippen LogP contribution in [0.25, 0.3) is 0 Å². The summed E-state index contributed by atoms with van der Waals surface area (Å²) in [6.45, 7) is 7.16. The molecule has 0 spiro atoms. The fourth-order valence-electron chi connectivity index (χ4n) is 7.54. The zero-order valence-electron chi connectivity index (χ0n) is 26.5. The summed E-state index contributed by atoms with van der Waals surface area (Å²) < 4.78 is 5.56. The van der Waals surface area contributed by atoms with Gasteiger partial charge in [-0.25, -0.2) is 0 Å². The van der Waals surface area contributed by atoms with Gasteiger partial charge in [0, 0.05) is 30.7 Å². The predicted molar refractivity (Wildman–Crippen MR) is 175 cm³/mol. The number of aryl methyl sites for hydroxylation is 1. The molecule has 5 rings (SSSR count). The van der Waals surface area contributed by atoms with Crippen molar-refractivity contribution in [3.05, 3.63) is 65.2 Å². The summed E-state index contributed by atoms with van der Waals surface area (Å²) in [4.78, 5) is 33.1. The molecule has 2 heterocycles. The lowest BCUT2D eigenvalue weighted by atomic mass is 9.79. The number of ketones is 1. The van der Waals surface area contributed by atoms with Gasteiger partial charge in [0.2, 0.25) is 0 Å². The zero-order chi connectivity index (χ0) is 30.0. The summed E-state index contributed by atoms with van der Waals surface area (Å²) in [6.07, 6.45) is 16.0. The number of carbonyl (C=O) groups excluding carboxylic acids is 2. The summed E-state index contributed by atoms with van der Waals surface area (Å²) >= 11 is 0. The first kappa shape index (κ1) is 31.6. The number of carbonyl (C=O) groups is 2. The molecule has 0 amide bonds. The SMILES string of the molecule is CC1CC=Nc2cc(C(=O)CC(C)CC3CCC(N4CCCC(CC(=O)OCc5ccccc5)CC4)CC3)ccc2CC1. The van der Waals surface area contributed by atoms with Gasteiger partial charge in [0.25, 0.3) is 0 Å². The Morgan fingerprint density at radius 2 is 1.77 bits per heavy atom. The van der Waals surface area contributed by atoms with Crippen molar-refractivity contribution >= 4 is 23.7 Å². The van der Waals surface area contributed by atoms with Crippen LogP contribution in [0.3, 0.4) is 0 Å². The molecule has 43 heavy (non-hydrogen) atoms. The van der Waals surface area contributed by atoms with Crippen LogP contribution in [0.1, 0.15) is 112 Å². The molecule has 0 N–H and O–H groups in total. The second-order valence-corrected chi connectivity index (χ2v) is 13.9. The summed E-state index contributed by atoms with van der Waals surface area (Å²) in [6, 6.07) is 16.8. The van der Waals surface area contributed by atoms with Crippen molar-refractivity contribution in [3.63, 3.8) is 0 Å². The first-order valence-electron chi connectivity index (χ1n) is 17.0. The number of nitrogens with zero attached hydrogens (tertiary/aromatic N) is 2. The van der Waals surface area contributed by atoms with Crippen LogP contribution in [0, 0.1) is 23.7 Å². The van der Waals surface area contributed by atoms with E-state index in [4.69, 9.17) is 9.73 Å². The molecule has 2 aliphatic heterocycles. The summed E-state index contributed by atoms with van der Waals surface area (Å²) in [5, 5.41) is 0. The molecule has 1 aliphatic carbocycles. The van der Waals surface area contributed by atoms with Crippen LogP contribution < -0.4 is 0 Å². The average Bonchev–Trinajstić information content (AvgIpc) is 3.24. The number of aliphatic imine (C=N–C) groups is 1. The standard InChI is InChI=1S/C38H52N2O3/c1-28-10-13-33-14-15-34(26-36(33)39-20-18-28)37(41)24-29(2)23-31-11-16-35(17-12-31)40-21-6-9-30(19-22-40)25-38(42)43-27-32-7-4-3-5-8-32/h3-5,7-8,14-15,20,26,28-31,35H,6,9-13,16-19,21-25,27H2,1-2H3. The summed E-state index contributed by atoms with van der Waals surface area (Å²) in [5.74, 6) is 2.43. The Hall–Kier alpha value is -2.79. The molecule has 1 saturated carbocycles. The molecule has 5 heteroatoms. The Balaban J connectivity index is 1.01. The van der Waals surface area contributed by atoms with Crippen LogP contribution in [0.2, 0.25) is 0 Å². The van der Waals surface area contributed by atoms with Crippen molar-refractivity contribution in [1.29, 1.82) is 0 Å². The van der Waals surface area contributed by atoms with Crippen LogP contribution in [-0.4, -0.2) is 42.0 Å². The van der Waals surface area contributed by atoms with Crippen molar-refractivity contribution in [1.82, 2.24) is 4.90 Å². The van der Waals surface area contributed by atoms with E-state index < -0.39 is 0 Å². The van der Waals surface area contributed by atoms with E-state index in [-0.39, 0.29) is 11.8 Å². The average molecular weight is 585 g/mol. The second-order valence-electron chi connectivity index (χ2n) is 13.9. The fourth-order valence-corrected chi connectivity index (χ4v) is 7.54. The van der Waals surface area contributed by atoms with Gasteiger partial charge in [0.15, 0.2) is 5.78 Å². The van der Waals surface area contributed by atoms with Crippen molar-refractivity contribution in [3.8, 4) is 0 Å². The number of fused-ring (bicyclic) bond motifs is 1. The van der Waals surface area contributed by atoms with E-state index in [1.807, 2.05) is 48.7 Å². The molecular weight excluding hydrogens is 532 g/mol. The molecule has 1 saturated heterocycles. The molecule has 3 atom stereocenters. The van der Waals surface area contributed by atoms with Crippen molar-refractivity contribution in [2.45, 2.75) is 110 Å². The van der Waals surface area contributed by atoms with Crippen molar-refractivity contribution in [2.75, 3.05) is 13.1 Å². The predicted octanol–water partition coefficient (Wildman–Crippen LogP) is 8.75. The normalized spacial score (nSPS) is 25.5. The molecule has 2 aromatic carbocycles. The van der Waals surface area contributed by atoms with E-state index in [0.29, 0.717) is 43.2 Å². The number of likely N-dealkylation sites (tertiary alicyclic amines) is 1. The fraction of sp³-hybridized carbons (Fsp3) is 0.605. The molecule has 0 radical (unpaired) electrons. The zero-order valence-corrected chi connectivity index (χ0v) is 26.5. The number of benzene rings is 2. The van der Waals surface area contributed by atoms with Crippen LogP contribution >= 0.6 is 0 Å². The molecule has 0 aromatic heterocycles. The Bertz CT molecular complexity index is 1220. The quantitative estimate of drug-likeness (QED) is 0.207. The maximum Gasteiger partial charge on any atom is 0.306 e. The molecule has 2 aromatic rings. The highest BCUT2D eigenvalue weighted by atomic mass is 16.5. The minimum absolute atomic E-state index is 0.0592. The smallest absolute Gasteiger partial charge is 0.306 e. The number of rotatable bonds is 10. The molecule has 2 fully saturated rings. The maximum atomic E-state index is 13.2. The minimum atomic E-state index is -0.0592. The summed E-state index contributed by atoms with van der Waals surface area (Å²) in [5.41, 5.74) is 4.13. The van der Waals surface area contributed by atoms with Gasteiger partial charge in [0.05, 0.1) is 5.69 Å². The summed E-state index contributed by atoms with van der Waals surface area (Å²) in [7, 11) is 0. The third kappa shape index (κ3) is 9.60. The van der Waals surface area contributed by atoms with Crippen LogP contribution in [0.4, 0.5) is 5.69 Å². The first-order valence-corrected chi connectivity index (χ1v) is 17.0. The van der Waals surface area contributed by atoms with Crippen LogP contribution in [0.5, 0.6) is 0 Å². The maximum absolute atomic E-state index is 13.2. The molecule has 3 unspecified atom stereocenters. The highest BCUT2D eigenvalue weighted by molar-refractivity contribution is 5.97. The van der Waals surface area contributed by atoms with Gasteiger partial charge in [-0.3, -0.25) is 14.6 Å². The van der Waals surface area contributed by atoms with Crippen LogP contribution in [-0.2, 0) is 22.6 Å². The van der Waals surface area contributed by atoms with Crippen LogP contribution in [0.15, 0.2) is 53.5 Å². The van der Waals surface area contributed by atoms with Gasteiger partial charge in [-0.1, -0.05) is 56.3 Å². The van der Waals surface area contributed by atoms with E-state index in [9.17, 15) is 9.59 Å². The van der Waals surface area contributed by atoms with Crippen molar-refractivity contribution in [2.24, 2.45) is 28.7 Å². The van der Waals surface area contributed by atoms with E-state index in [1.54, 1.807) is 0 Å². The first-order chi connectivity index (χ1) is 20.9. The highest BCUT2D eigenvalue weighted by Crippen LogP contribution is 2.35. The molecular formula is C38H52N2O3. The van der Waals surface area contributed by atoms with Gasteiger partial charge in [-0.2, -0.15) is 0 Å². The number of esters is 1. The highest BCUT2D eigenvalue weighted by Gasteiger charge is 2.29. The van der Waals surface area contributed by atoms with E-state index >= 15 is 0 Å². The Kier molecular flexibility index (Phi) is 11.6. The molecule has 0 bridgehead atoms. The van der Waals surface area contributed by atoms with Gasteiger partial charge in [-0.05, 0) is 125 Å². The van der Waals surface area contributed by atoms with Gasteiger partial charge in [0.1, 0.15) is 6.61 Å². The van der Waals surface area contributed by atoms with Gasteiger partial charge in [-0.15, -0.1) is 0 Å². The third-order valence-electron chi connectivity index (χ3n) is 10.2. The molecule has 3 aliphatic rings. The molecule has 5 nitrogen and oxygen atoms in total. The van der Waals surface area contributed by atoms with E-state index in [2.05, 4.69) is 24.8 Å². The Morgan fingerprint density at radius 3 is 2.58 bits per heavy atom. The number of Topliss-reactive ketones (excluding diaryl/α,β-unsaturated/α-hetero) is 1. The number of hydrogen-bond donors (Lipinski definition) is 0. The lowest BCUT2D eigenvalue weighted by molar-refractivity contribution is -0.146. The largest absolute Gasteiger partial charge is 0.461 e. The minimum Gasteiger partial charge on any atom is -0.461 e. The molecule has 232 valence electrons. The third-order valence-corrected chi connectivity index (χ3v) is 10.2. The van der Waals surface area contributed by atoms with Gasteiger partial charge >= 0.3 is 5.97 Å².